The van der Waals surface area contributed by atoms with Crippen LogP contribution in [0.15, 0.2) is 212 Å². The standard InChI is InChI=1S/C61H47N/c1-59(2)52-29-17-14-26-45(52)48-34-32-43(36-55(48)59)62(44-33-35-49-46-27-15-18-30-53(46)60(3,4)56(49)37-44)58-39-57-51(38-50(58)40-20-8-5-9-21-40)47-28-16-19-31-54(47)61(57,41-22-10-6-11-23-41)42-24-12-7-13-25-42/h5-39H,1-4H3. The molecule has 3 aliphatic carbocycles. The molecule has 0 aliphatic heterocycles. The molecule has 62 heavy (non-hydrogen) atoms. The quantitative estimate of drug-likeness (QED) is 0.162. The van der Waals surface area contributed by atoms with Gasteiger partial charge in [-0.15, -0.1) is 0 Å². The molecule has 9 aromatic rings. The molecule has 0 saturated heterocycles. The van der Waals surface area contributed by atoms with Crippen molar-refractivity contribution in [3.63, 3.8) is 0 Å². The van der Waals surface area contributed by atoms with Gasteiger partial charge in [-0.3, -0.25) is 0 Å². The molecular formula is C61H47N. The second-order valence-corrected chi connectivity index (χ2v) is 18.4. The van der Waals surface area contributed by atoms with Gasteiger partial charge in [0, 0.05) is 27.8 Å². The van der Waals surface area contributed by atoms with Crippen molar-refractivity contribution in [3.8, 4) is 44.5 Å². The average molecular weight is 794 g/mol. The van der Waals surface area contributed by atoms with Gasteiger partial charge in [-0.05, 0) is 120 Å². The Morgan fingerprint density at radius 1 is 0.290 bits per heavy atom. The fourth-order valence-corrected chi connectivity index (χ4v) is 11.6. The Kier molecular flexibility index (Phi) is 7.91. The third-order valence-corrected chi connectivity index (χ3v) is 14.6. The maximum atomic E-state index is 2.57. The van der Waals surface area contributed by atoms with Gasteiger partial charge in [0.15, 0.2) is 0 Å². The van der Waals surface area contributed by atoms with Gasteiger partial charge in [0.25, 0.3) is 0 Å². The van der Waals surface area contributed by atoms with Crippen LogP contribution in [0.3, 0.4) is 0 Å². The van der Waals surface area contributed by atoms with E-state index >= 15 is 0 Å². The first kappa shape index (κ1) is 36.6. The highest BCUT2D eigenvalue weighted by atomic mass is 15.1. The molecule has 296 valence electrons. The number of rotatable bonds is 6. The van der Waals surface area contributed by atoms with Crippen LogP contribution >= 0.6 is 0 Å². The van der Waals surface area contributed by atoms with Crippen LogP contribution in [-0.2, 0) is 16.2 Å². The van der Waals surface area contributed by atoms with Crippen LogP contribution in [0.4, 0.5) is 17.1 Å². The molecule has 0 spiro atoms. The Morgan fingerprint density at radius 3 is 1.19 bits per heavy atom. The van der Waals surface area contributed by atoms with E-state index in [1.807, 2.05) is 0 Å². The van der Waals surface area contributed by atoms with Crippen molar-refractivity contribution in [1.29, 1.82) is 0 Å². The normalized spacial score (nSPS) is 15.2. The zero-order valence-electron chi connectivity index (χ0n) is 35.7. The van der Waals surface area contributed by atoms with E-state index in [1.54, 1.807) is 0 Å². The first-order valence-corrected chi connectivity index (χ1v) is 22.0. The highest BCUT2D eigenvalue weighted by molar-refractivity contribution is 5.98. The van der Waals surface area contributed by atoms with Crippen LogP contribution in [0.25, 0.3) is 44.5 Å². The lowest BCUT2D eigenvalue weighted by Crippen LogP contribution is -2.28. The third kappa shape index (κ3) is 5.03. The number of anilines is 3. The fraction of sp³-hybridized carbons (Fsp3) is 0.115. The van der Waals surface area contributed by atoms with Crippen molar-refractivity contribution in [2.24, 2.45) is 0 Å². The summed E-state index contributed by atoms with van der Waals surface area (Å²) in [5, 5.41) is 0. The average Bonchev–Trinajstić information content (AvgIpc) is 3.84. The summed E-state index contributed by atoms with van der Waals surface area (Å²) in [6.45, 7) is 9.54. The summed E-state index contributed by atoms with van der Waals surface area (Å²) in [5.41, 5.74) is 23.4. The van der Waals surface area contributed by atoms with Crippen LogP contribution in [0, 0.1) is 0 Å². The second-order valence-electron chi connectivity index (χ2n) is 18.4. The lowest BCUT2D eigenvalue weighted by atomic mass is 9.67. The van der Waals surface area contributed by atoms with E-state index in [4.69, 9.17) is 0 Å². The maximum absolute atomic E-state index is 2.57. The smallest absolute Gasteiger partial charge is 0.0714 e. The van der Waals surface area contributed by atoms with E-state index < -0.39 is 5.41 Å². The van der Waals surface area contributed by atoms with Crippen molar-refractivity contribution in [3.05, 3.63) is 257 Å². The number of nitrogens with zero attached hydrogens (tertiary/aromatic N) is 1. The minimum atomic E-state index is -0.548. The molecule has 0 aromatic heterocycles. The molecule has 0 saturated carbocycles. The van der Waals surface area contributed by atoms with Crippen LogP contribution in [0.2, 0.25) is 0 Å². The molecule has 0 heterocycles. The molecule has 0 unspecified atom stereocenters. The predicted molar refractivity (Wildman–Crippen MR) is 259 cm³/mol. The number of hydrogen-bond acceptors (Lipinski definition) is 1. The predicted octanol–water partition coefficient (Wildman–Crippen LogP) is 15.8. The second kappa shape index (κ2) is 13.4. The Hall–Kier alpha value is -7.22. The molecule has 0 N–H and O–H groups in total. The summed E-state index contributed by atoms with van der Waals surface area (Å²) >= 11 is 0. The molecule has 3 aliphatic rings. The molecule has 1 nitrogen and oxygen atoms in total. The van der Waals surface area contributed by atoms with E-state index in [1.165, 1.54) is 89.0 Å². The van der Waals surface area contributed by atoms with Gasteiger partial charge in [0.2, 0.25) is 0 Å². The summed E-state index contributed by atoms with van der Waals surface area (Å²) in [4.78, 5) is 2.57. The molecule has 9 aromatic carbocycles. The van der Waals surface area contributed by atoms with Gasteiger partial charge in [0.1, 0.15) is 0 Å². The Labute approximate surface area is 365 Å². The molecule has 0 amide bonds. The van der Waals surface area contributed by atoms with Crippen molar-refractivity contribution < 1.29 is 0 Å². The molecule has 0 bridgehead atoms. The van der Waals surface area contributed by atoms with Gasteiger partial charge in [0.05, 0.1) is 11.1 Å². The minimum Gasteiger partial charge on any atom is -0.310 e. The molecular weight excluding hydrogens is 747 g/mol. The van der Waals surface area contributed by atoms with Gasteiger partial charge in [-0.2, -0.15) is 0 Å². The summed E-state index contributed by atoms with van der Waals surface area (Å²) in [6.07, 6.45) is 0. The van der Waals surface area contributed by atoms with Crippen molar-refractivity contribution in [2.45, 2.75) is 43.9 Å². The molecule has 0 radical (unpaired) electrons. The van der Waals surface area contributed by atoms with Gasteiger partial charge in [-0.1, -0.05) is 204 Å². The first-order valence-electron chi connectivity index (χ1n) is 22.0. The van der Waals surface area contributed by atoms with Gasteiger partial charge < -0.3 is 4.90 Å². The van der Waals surface area contributed by atoms with Crippen LogP contribution in [0.5, 0.6) is 0 Å². The molecule has 0 atom stereocenters. The SMILES string of the molecule is CC1(C)c2ccccc2-c2ccc(N(c3ccc4c(c3)C(C)(C)c3ccccc3-4)c3cc4c(cc3-c3ccccc3)-c3ccccc3C4(c3ccccc3)c3ccccc3)cc21. The third-order valence-electron chi connectivity index (χ3n) is 14.6. The zero-order chi connectivity index (χ0) is 41.8. The van der Waals surface area contributed by atoms with E-state index in [-0.39, 0.29) is 10.8 Å². The van der Waals surface area contributed by atoms with Gasteiger partial charge in [-0.25, -0.2) is 0 Å². The monoisotopic (exact) mass is 793 g/mol. The van der Waals surface area contributed by atoms with Crippen LogP contribution < -0.4 is 4.90 Å². The largest absolute Gasteiger partial charge is 0.310 e. The number of hydrogen-bond donors (Lipinski definition) is 0. The number of fused-ring (bicyclic) bond motifs is 9. The summed E-state index contributed by atoms with van der Waals surface area (Å²) in [7, 11) is 0. The Bertz CT molecular complexity index is 3080. The summed E-state index contributed by atoms with van der Waals surface area (Å²) < 4.78 is 0. The van der Waals surface area contributed by atoms with E-state index in [9.17, 15) is 0 Å². The summed E-state index contributed by atoms with van der Waals surface area (Å²) in [5.74, 6) is 0. The maximum Gasteiger partial charge on any atom is 0.0714 e. The lowest BCUT2D eigenvalue weighted by Gasteiger charge is -2.36. The highest BCUT2D eigenvalue weighted by Crippen LogP contribution is 2.60. The van der Waals surface area contributed by atoms with Crippen LogP contribution in [0.1, 0.15) is 72.2 Å². The van der Waals surface area contributed by atoms with E-state index in [2.05, 4.69) is 245 Å². The van der Waals surface area contributed by atoms with Crippen LogP contribution in [-0.4, -0.2) is 0 Å². The zero-order valence-corrected chi connectivity index (χ0v) is 35.7. The topological polar surface area (TPSA) is 3.24 Å². The van der Waals surface area contributed by atoms with Gasteiger partial charge >= 0.3 is 0 Å². The van der Waals surface area contributed by atoms with Crippen molar-refractivity contribution >= 4 is 17.1 Å². The molecule has 0 fully saturated rings. The minimum absolute atomic E-state index is 0.160. The van der Waals surface area contributed by atoms with Crippen molar-refractivity contribution in [2.75, 3.05) is 4.90 Å². The Morgan fingerprint density at radius 2 is 0.694 bits per heavy atom. The fourth-order valence-electron chi connectivity index (χ4n) is 11.6. The van der Waals surface area contributed by atoms with E-state index in [0.717, 1.165) is 17.1 Å². The first-order chi connectivity index (χ1) is 30.3. The molecule has 12 rings (SSSR count). The van der Waals surface area contributed by atoms with E-state index in [0.29, 0.717) is 0 Å². The lowest BCUT2D eigenvalue weighted by molar-refractivity contribution is 0.660. The molecule has 1 heteroatoms. The van der Waals surface area contributed by atoms with Crippen molar-refractivity contribution in [1.82, 2.24) is 0 Å². The highest BCUT2D eigenvalue weighted by Gasteiger charge is 2.47. The Balaban J connectivity index is 1.19. The number of benzene rings is 9. The summed E-state index contributed by atoms with van der Waals surface area (Å²) in [6, 6.07) is 79.9.